The Morgan fingerprint density at radius 2 is 2.10 bits per heavy atom. The number of rotatable bonds is 5. The van der Waals surface area contributed by atoms with Crippen LogP contribution in [0.1, 0.15) is 39.6 Å². The van der Waals surface area contributed by atoms with Crippen LogP contribution in [0, 0.1) is 5.82 Å². The van der Waals surface area contributed by atoms with Gasteiger partial charge in [0.2, 0.25) is 0 Å². The van der Waals surface area contributed by atoms with Crippen LogP contribution in [0.4, 0.5) is 10.1 Å². The Morgan fingerprint density at radius 1 is 1.27 bits per heavy atom. The van der Waals surface area contributed by atoms with E-state index in [-0.39, 0.29) is 22.6 Å². The van der Waals surface area contributed by atoms with Gasteiger partial charge in [-0.25, -0.2) is 4.39 Å². The highest BCUT2D eigenvalue weighted by Gasteiger charge is 2.23. The second-order valence-corrected chi connectivity index (χ2v) is 7.01. The predicted molar refractivity (Wildman–Crippen MR) is 112 cm³/mol. The number of ketones is 1. The number of nitrogens with one attached hydrogen (secondary N) is 1. The van der Waals surface area contributed by atoms with Crippen LogP contribution < -0.4 is 10.1 Å². The summed E-state index contributed by atoms with van der Waals surface area (Å²) in [7, 11) is 1.52. The van der Waals surface area contributed by atoms with Crippen LogP contribution >= 0.6 is 0 Å². The number of Topliss-reactive ketones (excluding diaryl/α,β-unsaturated/α-hetero) is 1. The number of amides is 1. The lowest BCUT2D eigenvalue weighted by atomic mass is 10.00. The van der Waals surface area contributed by atoms with Gasteiger partial charge in [-0.2, -0.15) is 0 Å². The number of halogens is 1. The van der Waals surface area contributed by atoms with Crippen molar-refractivity contribution in [2.75, 3.05) is 25.6 Å². The largest absolute Gasteiger partial charge is 0.497 e. The molecule has 0 fully saturated rings. The van der Waals surface area contributed by atoms with Crippen LogP contribution in [-0.4, -0.2) is 36.4 Å². The zero-order chi connectivity index (χ0) is 21.3. The topological polar surface area (TPSA) is 69.0 Å². The summed E-state index contributed by atoms with van der Waals surface area (Å²) in [6.07, 6.45) is 5.74. The molecule has 0 aliphatic carbocycles. The summed E-state index contributed by atoms with van der Waals surface area (Å²) in [4.78, 5) is 25.3. The molecule has 3 aromatic rings. The van der Waals surface area contributed by atoms with Gasteiger partial charge in [0.25, 0.3) is 5.91 Å². The van der Waals surface area contributed by atoms with Crippen molar-refractivity contribution < 1.29 is 23.5 Å². The van der Waals surface area contributed by atoms with Gasteiger partial charge in [-0.1, -0.05) is 18.2 Å². The Bertz CT molecular complexity index is 1180. The summed E-state index contributed by atoms with van der Waals surface area (Å²) < 4.78 is 27.4. The van der Waals surface area contributed by atoms with Crippen LogP contribution in [0.15, 0.2) is 48.8 Å². The Morgan fingerprint density at radius 3 is 2.80 bits per heavy atom. The van der Waals surface area contributed by atoms with Crippen molar-refractivity contribution in [3.05, 3.63) is 71.3 Å². The van der Waals surface area contributed by atoms with E-state index in [1.165, 1.54) is 20.1 Å². The lowest BCUT2D eigenvalue weighted by molar-refractivity contribution is 0.0987. The summed E-state index contributed by atoms with van der Waals surface area (Å²) in [5.74, 6) is -0.786. The van der Waals surface area contributed by atoms with Crippen molar-refractivity contribution in [3.63, 3.8) is 0 Å². The number of carbonyl (C=O) groups excluding carboxylic acids is 2. The first-order chi connectivity index (χ1) is 14.5. The van der Waals surface area contributed by atoms with Gasteiger partial charge in [-0.3, -0.25) is 9.59 Å². The molecular weight excluding hydrogens is 387 g/mol. The zero-order valence-corrected chi connectivity index (χ0v) is 16.7. The summed E-state index contributed by atoms with van der Waals surface area (Å²) in [5.41, 5.74) is 2.27. The molecule has 0 saturated heterocycles. The standard InChI is InChI=1S/C23H21FN2O4/c1-14(27)18-13-26-9-6-16(29-2)12-20(26)21(18)23(28)25-19-5-3-4-17(22(19)24)15-7-10-30-11-8-15/h3-7,9,12-13H,8,10-11H2,1-2H3,(H,25,28). The molecule has 0 atom stereocenters. The Kier molecular flexibility index (Phi) is 5.37. The third kappa shape index (κ3) is 3.59. The molecule has 2 aromatic heterocycles. The number of anilines is 1. The molecule has 3 heterocycles. The number of pyridine rings is 1. The van der Waals surface area contributed by atoms with Crippen LogP contribution in [0.5, 0.6) is 5.75 Å². The van der Waals surface area contributed by atoms with Crippen molar-refractivity contribution in [3.8, 4) is 5.75 Å². The predicted octanol–water partition coefficient (Wildman–Crippen LogP) is 4.35. The zero-order valence-electron chi connectivity index (χ0n) is 16.7. The van der Waals surface area contributed by atoms with E-state index < -0.39 is 11.7 Å². The summed E-state index contributed by atoms with van der Waals surface area (Å²) in [6, 6.07) is 8.27. The summed E-state index contributed by atoms with van der Waals surface area (Å²) >= 11 is 0. The quantitative estimate of drug-likeness (QED) is 0.638. The molecule has 0 saturated carbocycles. The van der Waals surface area contributed by atoms with E-state index in [9.17, 15) is 9.59 Å². The number of carbonyl (C=O) groups is 2. The van der Waals surface area contributed by atoms with Gasteiger partial charge in [0.05, 0.1) is 37.1 Å². The fourth-order valence-corrected chi connectivity index (χ4v) is 3.61. The van der Waals surface area contributed by atoms with Crippen molar-refractivity contribution >= 4 is 28.5 Å². The van der Waals surface area contributed by atoms with E-state index in [0.29, 0.717) is 36.5 Å². The molecule has 154 valence electrons. The molecule has 1 aliphatic rings. The van der Waals surface area contributed by atoms with Gasteiger partial charge in [0.15, 0.2) is 11.6 Å². The molecule has 1 N–H and O–H groups in total. The molecule has 30 heavy (non-hydrogen) atoms. The van der Waals surface area contributed by atoms with Crippen LogP contribution in [0.3, 0.4) is 0 Å². The minimum Gasteiger partial charge on any atom is -0.497 e. The average Bonchev–Trinajstić information content (AvgIpc) is 3.15. The molecule has 1 aromatic carbocycles. The van der Waals surface area contributed by atoms with Crippen molar-refractivity contribution in [1.82, 2.24) is 4.40 Å². The number of methoxy groups -OCH3 is 1. The summed E-state index contributed by atoms with van der Waals surface area (Å²) in [5, 5.41) is 2.64. The van der Waals surface area contributed by atoms with Gasteiger partial charge in [0, 0.05) is 29.6 Å². The molecular formula is C23H21FN2O4. The van der Waals surface area contributed by atoms with E-state index in [2.05, 4.69) is 5.32 Å². The number of benzene rings is 1. The minimum absolute atomic E-state index is 0.0571. The summed E-state index contributed by atoms with van der Waals surface area (Å²) in [6.45, 7) is 2.36. The minimum atomic E-state index is -0.562. The second kappa shape index (κ2) is 8.12. The van der Waals surface area contributed by atoms with Crippen molar-refractivity contribution in [2.24, 2.45) is 0 Å². The average molecular weight is 408 g/mol. The molecule has 4 rings (SSSR count). The highest BCUT2D eigenvalue weighted by molar-refractivity contribution is 6.16. The Balaban J connectivity index is 1.74. The molecule has 1 aliphatic heterocycles. The monoisotopic (exact) mass is 408 g/mol. The number of aromatic nitrogens is 1. The third-order valence-corrected chi connectivity index (χ3v) is 5.15. The number of fused-ring (bicyclic) bond motifs is 1. The number of hydrogen-bond donors (Lipinski definition) is 1. The SMILES string of the molecule is COc1ccn2cc(C(C)=O)c(C(=O)Nc3cccc(C4=CCOCC4)c3F)c2c1. The van der Waals surface area contributed by atoms with E-state index in [1.54, 1.807) is 41.1 Å². The maximum Gasteiger partial charge on any atom is 0.258 e. The second-order valence-electron chi connectivity index (χ2n) is 7.01. The number of nitrogens with zero attached hydrogens (tertiary/aromatic N) is 1. The van der Waals surface area contributed by atoms with Gasteiger partial charge >= 0.3 is 0 Å². The van der Waals surface area contributed by atoms with E-state index in [4.69, 9.17) is 9.47 Å². The molecule has 0 radical (unpaired) electrons. The van der Waals surface area contributed by atoms with Crippen LogP contribution in [0.2, 0.25) is 0 Å². The first kappa shape index (κ1) is 19.8. The van der Waals surface area contributed by atoms with Crippen LogP contribution in [-0.2, 0) is 4.74 Å². The molecule has 0 unspecified atom stereocenters. The normalized spacial score (nSPS) is 13.8. The highest BCUT2D eigenvalue weighted by Crippen LogP contribution is 2.29. The molecule has 6 nitrogen and oxygen atoms in total. The van der Waals surface area contributed by atoms with Gasteiger partial charge in [-0.15, -0.1) is 0 Å². The molecule has 7 heteroatoms. The Labute approximate surface area is 172 Å². The van der Waals surface area contributed by atoms with Gasteiger partial charge < -0.3 is 19.2 Å². The van der Waals surface area contributed by atoms with Gasteiger partial charge in [-0.05, 0) is 31.1 Å². The lowest BCUT2D eigenvalue weighted by Gasteiger charge is -2.16. The maximum atomic E-state index is 15.2. The number of ether oxygens (including phenoxy) is 2. The van der Waals surface area contributed by atoms with Crippen LogP contribution in [0.25, 0.3) is 11.1 Å². The lowest BCUT2D eigenvalue weighted by Crippen LogP contribution is -2.16. The molecule has 1 amide bonds. The first-order valence-corrected chi connectivity index (χ1v) is 9.56. The first-order valence-electron chi connectivity index (χ1n) is 9.56. The van der Waals surface area contributed by atoms with Crippen molar-refractivity contribution in [1.29, 1.82) is 0 Å². The fourth-order valence-electron chi connectivity index (χ4n) is 3.61. The van der Waals surface area contributed by atoms with Gasteiger partial charge in [0.1, 0.15) is 5.75 Å². The van der Waals surface area contributed by atoms with Crippen molar-refractivity contribution in [2.45, 2.75) is 13.3 Å². The number of hydrogen-bond acceptors (Lipinski definition) is 4. The maximum absolute atomic E-state index is 15.2. The highest BCUT2D eigenvalue weighted by atomic mass is 19.1. The third-order valence-electron chi connectivity index (χ3n) is 5.15. The molecule has 0 bridgehead atoms. The fraction of sp³-hybridized carbons (Fsp3) is 0.217. The molecule has 0 spiro atoms. The smallest absolute Gasteiger partial charge is 0.258 e. The Hall–Kier alpha value is -3.45. The van der Waals surface area contributed by atoms with E-state index in [0.717, 1.165) is 5.57 Å². The van der Waals surface area contributed by atoms with E-state index >= 15 is 4.39 Å². The van der Waals surface area contributed by atoms with E-state index in [1.807, 2.05) is 6.08 Å².